The molecule has 100 valence electrons. The molecule has 20 heavy (non-hydrogen) atoms. The molecule has 5 nitrogen and oxygen atoms in total. The highest BCUT2D eigenvalue weighted by Crippen LogP contribution is 2.17. The lowest BCUT2D eigenvalue weighted by atomic mass is 10.1. The van der Waals surface area contributed by atoms with Crippen LogP contribution in [0, 0.1) is 6.92 Å². The van der Waals surface area contributed by atoms with Gasteiger partial charge < -0.3 is 11.1 Å². The summed E-state index contributed by atoms with van der Waals surface area (Å²) < 4.78 is 0. The molecule has 0 aliphatic rings. The van der Waals surface area contributed by atoms with E-state index in [-0.39, 0.29) is 0 Å². The van der Waals surface area contributed by atoms with E-state index in [0.717, 1.165) is 10.9 Å². The van der Waals surface area contributed by atoms with Crippen LogP contribution in [0.4, 0.5) is 11.8 Å². The van der Waals surface area contributed by atoms with Gasteiger partial charge in [-0.1, -0.05) is 29.8 Å². The second-order valence-electron chi connectivity index (χ2n) is 4.66. The number of pyridine rings is 1. The van der Waals surface area contributed by atoms with Crippen LogP contribution in [0.1, 0.15) is 11.1 Å². The van der Waals surface area contributed by atoms with Crippen LogP contribution >= 0.6 is 0 Å². The van der Waals surface area contributed by atoms with Gasteiger partial charge in [-0.3, -0.25) is 0 Å². The molecule has 3 aromatic rings. The van der Waals surface area contributed by atoms with Crippen LogP contribution < -0.4 is 11.1 Å². The van der Waals surface area contributed by atoms with Gasteiger partial charge in [-0.05, 0) is 18.6 Å². The molecular formula is C15H15N5. The minimum absolute atomic E-state index is 0.451. The highest BCUT2D eigenvalue weighted by Gasteiger charge is 2.03. The number of hydrogen-bond donors (Lipinski definition) is 2. The van der Waals surface area contributed by atoms with Gasteiger partial charge in [-0.25, -0.2) is 15.0 Å². The van der Waals surface area contributed by atoms with Crippen molar-refractivity contribution < 1.29 is 0 Å². The van der Waals surface area contributed by atoms with Crippen LogP contribution in [0.2, 0.25) is 0 Å². The van der Waals surface area contributed by atoms with Crippen molar-refractivity contribution in [2.24, 2.45) is 0 Å². The zero-order valence-corrected chi connectivity index (χ0v) is 11.2. The van der Waals surface area contributed by atoms with Crippen molar-refractivity contribution in [3.63, 3.8) is 0 Å². The monoisotopic (exact) mass is 265 g/mol. The zero-order chi connectivity index (χ0) is 13.9. The Kier molecular flexibility index (Phi) is 3.16. The van der Waals surface area contributed by atoms with E-state index in [9.17, 15) is 0 Å². The van der Waals surface area contributed by atoms with E-state index < -0.39 is 0 Å². The minimum atomic E-state index is 0.451. The summed E-state index contributed by atoms with van der Waals surface area (Å²) in [6, 6.07) is 10.2. The SMILES string of the molecule is Cc1ccc(CNc2ncc3c(N)nccc3n2)cc1. The van der Waals surface area contributed by atoms with Gasteiger partial charge in [0, 0.05) is 18.9 Å². The average molecular weight is 265 g/mol. The molecule has 3 rings (SSSR count). The fraction of sp³-hybridized carbons (Fsp3) is 0.133. The van der Waals surface area contributed by atoms with Crippen molar-refractivity contribution in [1.82, 2.24) is 15.0 Å². The van der Waals surface area contributed by atoms with Gasteiger partial charge >= 0.3 is 0 Å². The van der Waals surface area contributed by atoms with E-state index in [0.29, 0.717) is 18.3 Å². The van der Waals surface area contributed by atoms with Crippen molar-refractivity contribution in [3.05, 3.63) is 53.9 Å². The Hall–Kier alpha value is -2.69. The molecule has 5 heteroatoms. The number of anilines is 2. The molecule has 0 radical (unpaired) electrons. The maximum atomic E-state index is 5.77. The van der Waals surface area contributed by atoms with Gasteiger partial charge in [-0.15, -0.1) is 0 Å². The summed E-state index contributed by atoms with van der Waals surface area (Å²) in [6.45, 7) is 2.76. The van der Waals surface area contributed by atoms with E-state index in [1.165, 1.54) is 11.1 Å². The lowest BCUT2D eigenvalue weighted by molar-refractivity contribution is 1.07. The summed E-state index contributed by atoms with van der Waals surface area (Å²) in [7, 11) is 0. The fourth-order valence-corrected chi connectivity index (χ4v) is 1.95. The van der Waals surface area contributed by atoms with Crippen LogP contribution in [0.25, 0.3) is 10.9 Å². The van der Waals surface area contributed by atoms with Crippen LogP contribution in [0.3, 0.4) is 0 Å². The molecule has 2 aromatic heterocycles. The largest absolute Gasteiger partial charge is 0.383 e. The third kappa shape index (κ3) is 2.51. The van der Waals surface area contributed by atoms with Gasteiger partial charge in [0.1, 0.15) is 5.82 Å². The van der Waals surface area contributed by atoms with Gasteiger partial charge in [0.15, 0.2) is 0 Å². The minimum Gasteiger partial charge on any atom is -0.383 e. The van der Waals surface area contributed by atoms with E-state index in [2.05, 4.69) is 51.5 Å². The lowest BCUT2D eigenvalue weighted by Gasteiger charge is -2.06. The number of nitrogens with zero attached hydrogens (tertiary/aromatic N) is 3. The first-order valence-electron chi connectivity index (χ1n) is 6.39. The number of rotatable bonds is 3. The summed E-state index contributed by atoms with van der Waals surface area (Å²) in [6.07, 6.45) is 3.34. The molecule has 2 heterocycles. The summed E-state index contributed by atoms with van der Waals surface area (Å²) in [4.78, 5) is 12.7. The Bertz CT molecular complexity index is 737. The molecule has 0 atom stereocenters. The van der Waals surface area contributed by atoms with Crippen molar-refractivity contribution >= 4 is 22.7 Å². The Morgan fingerprint density at radius 3 is 2.70 bits per heavy atom. The molecule has 0 fully saturated rings. The van der Waals surface area contributed by atoms with Crippen LogP contribution in [-0.4, -0.2) is 15.0 Å². The van der Waals surface area contributed by atoms with Crippen molar-refractivity contribution in [2.45, 2.75) is 13.5 Å². The number of nitrogens with one attached hydrogen (secondary N) is 1. The first-order valence-corrected chi connectivity index (χ1v) is 6.39. The first kappa shape index (κ1) is 12.3. The molecule has 1 aromatic carbocycles. The van der Waals surface area contributed by atoms with E-state index in [4.69, 9.17) is 5.73 Å². The van der Waals surface area contributed by atoms with E-state index >= 15 is 0 Å². The highest BCUT2D eigenvalue weighted by molar-refractivity contribution is 5.87. The number of hydrogen-bond acceptors (Lipinski definition) is 5. The van der Waals surface area contributed by atoms with Gasteiger partial charge in [0.2, 0.25) is 5.95 Å². The maximum absolute atomic E-state index is 5.77. The molecule has 0 aliphatic carbocycles. The second kappa shape index (κ2) is 5.13. The highest BCUT2D eigenvalue weighted by atomic mass is 15.1. The third-order valence-electron chi connectivity index (χ3n) is 3.11. The van der Waals surface area contributed by atoms with Crippen molar-refractivity contribution in [2.75, 3.05) is 11.1 Å². The Morgan fingerprint density at radius 2 is 1.90 bits per heavy atom. The topological polar surface area (TPSA) is 76.7 Å². The molecule has 0 bridgehead atoms. The summed E-state index contributed by atoms with van der Waals surface area (Å²) in [5, 5.41) is 3.98. The predicted octanol–water partition coefficient (Wildman–Crippen LogP) is 2.53. The average Bonchev–Trinajstić information content (AvgIpc) is 2.47. The van der Waals surface area contributed by atoms with Crippen LogP contribution in [0.15, 0.2) is 42.7 Å². The first-order chi connectivity index (χ1) is 9.72. The standard InChI is InChI=1S/C15H15N5/c1-10-2-4-11(5-3-10)8-18-15-19-9-12-13(20-15)6-7-17-14(12)16/h2-7,9H,8H2,1H3,(H2,16,17)(H,18,19,20). The fourth-order valence-electron chi connectivity index (χ4n) is 1.95. The second-order valence-corrected chi connectivity index (χ2v) is 4.66. The maximum Gasteiger partial charge on any atom is 0.223 e. The van der Waals surface area contributed by atoms with E-state index in [1.54, 1.807) is 12.4 Å². The van der Waals surface area contributed by atoms with Gasteiger partial charge in [-0.2, -0.15) is 0 Å². The Labute approximate surface area is 116 Å². The number of benzene rings is 1. The molecule has 0 unspecified atom stereocenters. The van der Waals surface area contributed by atoms with Crippen molar-refractivity contribution in [1.29, 1.82) is 0 Å². The normalized spacial score (nSPS) is 10.7. The number of nitrogen functional groups attached to an aromatic ring is 1. The van der Waals surface area contributed by atoms with Crippen LogP contribution in [-0.2, 0) is 6.54 Å². The zero-order valence-electron chi connectivity index (χ0n) is 11.2. The lowest BCUT2D eigenvalue weighted by Crippen LogP contribution is -2.04. The number of fused-ring (bicyclic) bond motifs is 1. The summed E-state index contributed by atoms with van der Waals surface area (Å²) in [5.74, 6) is 1.04. The van der Waals surface area contributed by atoms with Crippen molar-refractivity contribution in [3.8, 4) is 0 Å². The molecule has 0 spiro atoms. The molecule has 3 N–H and O–H groups in total. The number of nitrogens with two attached hydrogens (primary N) is 1. The van der Waals surface area contributed by atoms with Gasteiger partial charge in [0.05, 0.1) is 10.9 Å². The third-order valence-corrected chi connectivity index (χ3v) is 3.11. The molecule has 0 saturated carbocycles. The molecular weight excluding hydrogens is 250 g/mol. The quantitative estimate of drug-likeness (QED) is 0.761. The predicted molar refractivity (Wildman–Crippen MR) is 80.3 cm³/mol. The molecule has 0 amide bonds. The summed E-state index contributed by atoms with van der Waals surface area (Å²) in [5.41, 5.74) is 9.00. The number of aryl methyl sites for hydroxylation is 1. The molecule has 0 saturated heterocycles. The molecule has 0 aliphatic heterocycles. The Balaban J connectivity index is 1.79. The van der Waals surface area contributed by atoms with Gasteiger partial charge in [0.25, 0.3) is 0 Å². The summed E-state index contributed by atoms with van der Waals surface area (Å²) >= 11 is 0. The smallest absolute Gasteiger partial charge is 0.223 e. The van der Waals surface area contributed by atoms with Crippen LogP contribution in [0.5, 0.6) is 0 Å². The number of aromatic nitrogens is 3. The van der Waals surface area contributed by atoms with E-state index in [1.807, 2.05) is 6.07 Å². The Morgan fingerprint density at radius 1 is 1.10 bits per heavy atom.